The molecule has 1 aliphatic carbocycles. The van der Waals surface area contributed by atoms with Gasteiger partial charge in [-0.2, -0.15) is 0 Å². The third kappa shape index (κ3) is 2.59. The first-order valence-electron chi connectivity index (χ1n) is 8.19. The average Bonchev–Trinajstić information content (AvgIpc) is 2.92. The number of nitrogens with one attached hydrogen (secondary N) is 1. The minimum absolute atomic E-state index is 0.0547. The summed E-state index contributed by atoms with van der Waals surface area (Å²) in [6.45, 7) is 1.96. The number of ketones is 1. The van der Waals surface area contributed by atoms with Gasteiger partial charge < -0.3 is 5.11 Å². The fourth-order valence-corrected chi connectivity index (χ4v) is 3.02. The summed E-state index contributed by atoms with van der Waals surface area (Å²) >= 11 is 0. The summed E-state index contributed by atoms with van der Waals surface area (Å²) in [6, 6.07) is 14.8. The quantitative estimate of drug-likeness (QED) is 0.700. The zero-order valence-corrected chi connectivity index (χ0v) is 14.1. The number of aromatic nitrogens is 2. The van der Waals surface area contributed by atoms with Crippen LogP contribution in [0.1, 0.15) is 22.3 Å². The second kappa shape index (κ2) is 6.04. The van der Waals surface area contributed by atoms with Crippen LogP contribution < -0.4 is 5.56 Å². The Balaban J connectivity index is 1.86. The van der Waals surface area contributed by atoms with Gasteiger partial charge in [-0.05, 0) is 42.3 Å². The highest BCUT2D eigenvalue weighted by molar-refractivity contribution is 6.33. The molecule has 1 heterocycles. The standard InChI is InChI=1S/C21H16N2O3/c1-13-6-9-15(10-7-13)23-21(26)18(20(25)22-23)12-17-16-5-3-2-4-14(16)8-11-19(17)24/h2-12,26H,1H3,(H,22,25)/b17-12+. The van der Waals surface area contributed by atoms with E-state index in [9.17, 15) is 14.7 Å². The van der Waals surface area contributed by atoms with E-state index >= 15 is 0 Å². The summed E-state index contributed by atoms with van der Waals surface area (Å²) in [4.78, 5) is 24.7. The highest BCUT2D eigenvalue weighted by Crippen LogP contribution is 2.30. The van der Waals surface area contributed by atoms with Crippen molar-refractivity contribution >= 4 is 23.5 Å². The minimum atomic E-state index is -0.463. The largest absolute Gasteiger partial charge is 0.493 e. The van der Waals surface area contributed by atoms with Crippen LogP contribution in [0.5, 0.6) is 5.88 Å². The van der Waals surface area contributed by atoms with Crippen molar-refractivity contribution in [1.29, 1.82) is 0 Å². The molecule has 1 aliphatic rings. The summed E-state index contributed by atoms with van der Waals surface area (Å²) in [5.74, 6) is -0.434. The first kappa shape index (κ1) is 15.9. The van der Waals surface area contributed by atoms with E-state index in [0.717, 1.165) is 16.7 Å². The van der Waals surface area contributed by atoms with Gasteiger partial charge in [0, 0.05) is 5.57 Å². The van der Waals surface area contributed by atoms with Crippen LogP contribution in [0.4, 0.5) is 0 Å². The minimum Gasteiger partial charge on any atom is -0.493 e. The van der Waals surface area contributed by atoms with Crippen LogP contribution in [0.3, 0.4) is 0 Å². The van der Waals surface area contributed by atoms with Crippen molar-refractivity contribution in [2.75, 3.05) is 0 Å². The summed E-state index contributed by atoms with van der Waals surface area (Å²) < 4.78 is 1.31. The molecule has 0 bridgehead atoms. The molecule has 0 unspecified atom stereocenters. The number of rotatable bonds is 2. The Hall–Kier alpha value is -3.60. The maximum atomic E-state index is 12.4. The van der Waals surface area contributed by atoms with Crippen molar-refractivity contribution in [2.45, 2.75) is 6.92 Å². The molecular weight excluding hydrogens is 328 g/mol. The van der Waals surface area contributed by atoms with Crippen molar-refractivity contribution < 1.29 is 9.90 Å². The molecule has 0 saturated carbocycles. The Kier molecular flexibility index (Phi) is 3.69. The lowest BCUT2D eigenvalue weighted by molar-refractivity contribution is -0.109. The van der Waals surface area contributed by atoms with Gasteiger partial charge in [0.15, 0.2) is 5.78 Å². The summed E-state index contributed by atoms with van der Waals surface area (Å²) in [5, 5.41) is 13.2. The van der Waals surface area contributed by atoms with Gasteiger partial charge in [-0.1, -0.05) is 48.0 Å². The summed E-state index contributed by atoms with van der Waals surface area (Å²) in [7, 11) is 0. The SMILES string of the molecule is Cc1ccc(-n2[nH]c(=O)c(/C=C3/C(=O)C=Cc4ccccc43)c2O)cc1. The predicted molar refractivity (Wildman–Crippen MR) is 101 cm³/mol. The number of benzene rings is 2. The molecule has 3 aromatic rings. The van der Waals surface area contributed by atoms with Gasteiger partial charge in [0.2, 0.25) is 5.88 Å². The number of fused-ring (bicyclic) bond motifs is 1. The van der Waals surface area contributed by atoms with Crippen LogP contribution in [0, 0.1) is 6.92 Å². The molecule has 0 radical (unpaired) electrons. The zero-order valence-electron chi connectivity index (χ0n) is 14.1. The van der Waals surface area contributed by atoms with Gasteiger partial charge in [-0.15, -0.1) is 0 Å². The Labute approximate surface area is 149 Å². The average molecular weight is 344 g/mol. The number of aromatic amines is 1. The topological polar surface area (TPSA) is 75.1 Å². The first-order chi connectivity index (χ1) is 12.5. The van der Waals surface area contributed by atoms with E-state index in [4.69, 9.17) is 0 Å². The maximum absolute atomic E-state index is 12.4. The zero-order chi connectivity index (χ0) is 18.3. The second-order valence-electron chi connectivity index (χ2n) is 6.19. The van der Waals surface area contributed by atoms with E-state index < -0.39 is 5.56 Å². The summed E-state index contributed by atoms with van der Waals surface area (Å²) in [6.07, 6.45) is 4.66. The number of aryl methyl sites for hydroxylation is 1. The van der Waals surface area contributed by atoms with Crippen molar-refractivity contribution in [3.8, 4) is 11.6 Å². The van der Waals surface area contributed by atoms with E-state index in [1.807, 2.05) is 43.3 Å². The van der Waals surface area contributed by atoms with Gasteiger partial charge in [-0.3, -0.25) is 14.7 Å². The van der Waals surface area contributed by atoms with Crippen molar-refractivity contribution in [2.24, 2.45) is 0 Å². The third-order valence-electron chi connectivity index (χ3n) is 4.42. The molecule has 0 amide bonds. The van der Waals surface area contributed by atoms with E-state index in [1.165, 1.54) is 16.8 Å². The van der Waals surface area contributed by atoms with E-state index in [-0.39, 0.29) is 17.2 Å². The predicted octanol–water partition coefficient (Wildman–Crippen LogP) is 3.32. The van der Waals surface area contributed by atoms with Crippen molar-refractivity contribution in [1.82, 2.24) is 9.78 Å². The number of hydrogen-bond donors (Lipinski definition) is 2. The second-order valence-corrected chi connectivity index (χ2v) is 6.19. The molecule has 128 valence electrons. The van der Waals surface area contributed by atoms with Crippen LogP contribution in [0.2, 0.25) is 0 Å². The van der Waals surface area contributed by atoms with Crippen LogP contribution in [0.25, 0.3) is 23.4 Å². The molecule has 4 rings (SSSR count). The van der Waals surface area contributed by atoms with Gasteiger partial charge >= 0.3 is 0 Å². The molecular formula is C21H16N2O3. The molecule has 1 aromatic heterocycles. The van der Waals surface area contributed by atoms with Gasteiger partial charge in [0.05, 0.1) is 5.69 Å². The van der Waals surface area contributed by atoms with Gasteiger partial charge in [0.25, 0.3) is 5.56 Å². The molecule has 0 aliphatic heterocycles. The van der Waals surface area contributed by atoms with Crippen molar-refractivity contribution in [3.05, 3.63) is 87.2 Å². The van der Waals surface area contributed by atoms with Crippen molar-refractivity contribution in [3.63, 3.8) is 0 Å². The van der Waals surface area contributed by atoms with E-state index in [2.05, 4.69) is 5.10 Å². The lowest BCUT2D eigenvalue weighted by atomic mass is 9.90. The first-order valence-corrected chi connectivity index (χ1v) is 8.19. The monoisotopic (exact) mass is 344 g/mol. The van der Waals surface area contributed by atoms with E-state index in [1.54, 1.807) is 18.2 Å². The maximum Gasteiger partial charge on any atom is 0.275 e. The number of carbonyl (C=O) groups excluding carboxylic acids is 1. The highest BCUT2D eigenvalue weighted by Gasteiger charge is 2.20. The molecule has 0 spiro atoms. The number of hydrogen-bond acceptors (Lipinski definition) is 3. The third-order valence-corrected chi connectivity index (χ3v) is 4.42. The van der Waals surface area contributed by atoms with Crippen LogP contribution in [0.15, 0.2) is 59.4 Å². The molecule has 5 heteroatoms. The Bertz CT molecular complexity index is 1130. The Morgan fingerprint density at radius 1 is 1.00 bits per heavy atom. The van der Waals surface area contributed by atoms with Crippen LogP contribution in [-0.4, -0.2) is 20.7 Å². The molecule has 0 atom stereocenters. The molecule has 26 heavy (non-hydrogen) atoms. The lowest BCUT2D eigenvalue weighted by Crippen LogP contribution is -2.08. The van der Waals surface area contributed by atoms with E-state index in [0.29, 0.717) is 11.3 Å². The van der Waals surface area contributed by atoms with Gasteiger partial charge in [-0.25, -0.2) is 4.68 Å². The Morgan fingerprint density at radius 2 is 1.73 bits per heavy atom. The van der Waals surface area contributed by atoms with Crippen LogP contribution in [-0.2, 0) is 4.79 Å². The van der Waals surface area contributed by atoms with Gasteiger partial charge in [0.1, 0.15) is 5.56 Å². The molecule has 2 N–H and O–H groups in total. The summed E-state index contributed by atoms with van der Waals surface area (Å²) in [5.41, 5.74) is 3.31. The Morgan fingerprint density at radius 3 is 2.50 bits per heavy atom. The number of allylic oxidation sites excluding steroid dienone is 2. The molecule has 0 fully saturated rings. The number of H-pyrrole nitrogens is 1. The number of aromatic hydroxyl groups is 1. The number of nitrogens with zero attached hydrogens (tertiary/aromatic N) is 1. The number of carbonyl (C=O) groups is 1. The fraction of sp³-hybridized carbons (Fsp3) is 0.0476. The highest BCUT2D eigenvalue weighted by atomic mass is 16.3. The normalized spacial score (nSPS) is 14.7. The molecule has 0 saturated heterocycles. The molecule has 2 aromatic carbocycles. The fourth-order valence-electron chi connectivity index (χ4n) is 3.02. The van der Waals surface area contributed by atoms with Crippen LogP contribution >= 0.6 is 0 Å². The molecule has 5 nitrogen and oxygen atoms in total. The smallest absolute Gasteiger partial charge is 0.275 e. The lowest BCUT2D eigenvalue weighted by Gasteiger charge is -2.12.